The summed E-state index contributed by atoms with van der Waals surface area (Å²) in [4.78, 5) is 19.4. The summed E-state index contributed by atoms with van der Waals surface area (Å²) >= 11 is -2.58. The van der Waals surface area contributed by atoms with Gasteiger partial charge in [-0.1, -0.05) is 72.8 Å². The number of unbranched alkanes of at least 4 members (excludes halogenated alkanes) is 1. The number of hydrogen-bond donors (Lipinski definition) is 4. The lowest BCUT2D eigenvalue weighted by molar-refractivity contribution is -0.153. The SMILES string of the molecule is Cc1ccc(CN2CC[C@@H](Nc3cccc4cnccc34)C2)cc1CCN(C(C)OC(=O)CCCC=CC[C@@H]1[C@@H](CC[C@@H](O)CCc2ccccc2)[C@H](O)C[C@@H]1O)S(=O)[O-]. The molecule has 0 amide bonds. The Bertz CT molecular complexity index is 2010. The van der Waals surface area contributed by atoms with Crippen LogP contribution in [0.5, 0.6) is 0 Å². The van der Waals surface area contributed by atoms with E-state index in [0.29, 0.717) is 57.4 Å². The molecule has 60 heavy (non-hydrogen) atoms. The molecule has 12 heteroatoms. The molecule has 0 spiro atoms. The minimum atomic E-state index is -2.58. The van der Waals surface area contributed by atoms with Gasteiger partial charge in [0.2, 0.25) is 0 Å². The maximum absolute atomic E-state index is 12.8. The van der Waals surface area contributed by atoms with Gasteiger partial charge in [-0.3, -0.25) is 18.9 Å². The molecule has 3 aromatic carbocycles. The average Bonchev–Trinajstić information content (AvgIpc) is 3.79. The fourth-order valence-corrected chi connectivity index (χ4v) is 9.50. The third-order valence-electron chi connectivity index (χ3n) is 12.4. The summed E-state index contributed by atoms with van der Waals surface area (Å²) in [6.45, 7) is 6.51. The number of benzene rings is 3. The lowest BCUT2D eigenvalue weighted by Gasteiger charge is -2.30. The second-order valence-electron chi connectivity index (χ2n) is 16.8. The van der Waals surface area contributed by atoms with Crippen LogP contribution in [0.25, 0.3) is 10.8 Å². The molecule has 1 aliphatic carbocycles. The van der Waals surface area contributed by atoms with E-state index >= 15 is 0 Å². The Morgan fingerprint density at radius 1 is 1.03 bits per heavy atom. The number of ether oxygens (including phenoxy) is 1. The Morgan fingerprint density at radius 2 is 1.85 bits per heavy atom. The number of nitrogens with one attached hydrogen (secondary N) is 1. The maximum atomic E-state index is 12.8. The highest BCUT2D eigenvalue weighted by atomic mass is 32.2. The fraction of sp³-hybridized carbons (Fsp3) is 0.500. The van der Waals surface area contributed by atoms with Gasteiger partial charge in [-0.05, 0) is 124 Å². The summed E-state index contributed by atoms with van der Waals surface area (Å²) < 4.78 is 31.3. The molecule has 2 unspecified atom stereocenters. The van der Waals surface area contributed by atoms with Crippen LogP contribution in [-0.4, -0.2) is 94.5 Å². The van der Waals surface area contributed by atoms with Gasteiger partial charge >= 0.3 is 5.97 Å². The third-order valence-corrected chi connectivity index (χ3v) is 13.3. The summed E-state index contributed by atoms with van der Waals surface area (Å²) in [6.07, 6.45) is 11.6. The van der Waals surface area contributed by atoms with Crippen molar-refractivity contribution >= 4 is 33.7 Å². The quantitative estimate of drug-likeness (QED) is 0.0214. The second kappa shape index (κ2) is 22.7. The number of carbonyl (C=O) groups is 1. The zero-order chi connectivity index (χ0) is 42.4. The highest BCUT2D eigenvalue weighted by molar-refractivity contribution is 7.76. The number of pyridine rings is 1. The van der Waals surface area contributed by atoms with Crippen LogP contribution in [0.4, 0.5) is 5.69 Å². The molecule has 4 aromatic rings. The molecule has 1 saturated carbocycles. The number of likely N-dealkylation sites (tertiary alicyclic amines) is 1. The van der Waals surface area contributed by atoms with E-state index in [0.717, 1.165) is 54.7 Å². The van der Waals surface area contributed by atoms with Crippen molar-refractivity contribution in [2.45, 2.75) is 122 Å². The van der Waals surface area contributed by atoms with E-state index in [1.54, 1.807) is 6.92 Å². The molecule has 2 aliphatic rings. The van der Waals surface area contributed by atoms with E-state index in [4.69, 9.17) is 4.74 Å². The molecule has 4 N–H and O–H groups in total. The van der Waals surface area contributed by atoms with Crippen molar-refractivity contribution in [1.82, 2.24) is 14.2 Å². The van der Waals surface area contributed by atoms with Gasteiger partial charge in [-0.15, -0.1) is 0 Å². The predicted octanol–water partition coefficient (Wildman–Crippen LogP) is 7.01. The van der Waals surface area contributed by atoms with Crippen molar-refractivity contribution in [3.8, 4) is 0 Å². The first-order valence-electron chi connectivity index (χ1n) is 21.7. The van der Waals surface area contributed by atoms with Gasteiger partial charge in [0.15, 0.2) is 6.23 Å². The van der Waals surface area contributed by atoms with E-state index in [1.165, 1.54) is 20.8 Å². The van der Waals surface area contributed by atoms with Crippen LogP contribution in [0, 0.1) is 18.8 Å². The van der Waals surface area contributed by atoms with Gasteiger partial charge in [0.05, 0.1) is 18.3 Å². The fourth-order valence-electron chi connectivity index (χ4n) is 8.98. The molecule has 2 fully saturated rings. The number of esters is 1. The first kappa shape index (κ1) is 45.5. The highest BCUT2D eigenvalue weighted by Gasteiger charge is 2.40. The Labute approximate surface area is 358 Å². The van der Waals surface area contributed by atoms with Crippen molar-refractivity contribution in [1.29, 1.82) is 0 Å². The standard InChI is InChI=1S/C48H64N4O7S/c1-34-17-18-37(32-51-27-25-40(33-51)50-45-15-10-13-39-31-49-26-23-42(39)45)29-38(34)24-28-52(60(57)58)35(2)59-48(56)16-9-4-3-8-14-43-44(47(55)30-46(43)54)22-21-41(53)20-19-36-11-6-5-7-12-36/h3,5-8,10-13,15,17-18,23,26,29,31,35,40-41,43-44,46-47,50,53-55H,4,9,14,16,19-22,24-25,27-28,30,32-33H2,1-2H3,(H,57,58)/p-1/t35?,40-,41+,43-,44-,46+,47-/m1/s1. The topological polar surface area (TPSA) is 159 Å². The lowest BCUT2D eigenvalue weighted by Crippen LogP contribution is -2.39. The zero-order valence-electron chi connectivity index (χ0n) is 35.1. The number of aliphatic hydroxyl groups excluding tert-OH is 3. The number of allylic oxidation sites excluding steroid dienone is 2. The molecular formula is C48H63N4O7S-. The third kappa shape index (κ3) is 13.2. The van der Waals surface area contributed by atoms with Crippen LogP contribution >= 0.6 is 0 Å². The van der Waals surface area contributed by atoms with Crippen molar-refractivity contribution < 1.29 is 33.6 Å². The summed E-state index contributed by atoms with van der Waals surface area (Å²) in [6, 6.07) is 25.1. The van der Waals surface area contributed by atoms with Crippen molar-refractivity contribution in [2.24, 2.45) is 11.8 Å². The van der Waals surface area contributed by atoms with E-state index in [9.17, 15) is 28.9 Å². The lowest BCUT2D eigenvalue weighted by atomic mass is 9.85. The molecule has 0 radical (unpaired) electrons. The Hall–Kier alpha value is -4.01. The smallest absolute Gasteiger partial charge is 0.307 e. The van der Waals surface area contributed by atoms with Crippen LogP contribution in [0.2, 0.25) is 0 Å². The Morgan fingerprint density at radius 3 is 2.67 bits per heavy atom. The summed E-state index contributed by atoms with van der Waals surface area (Å²) in [7, 11) is 0. The number of aryl methyl sites for hydroxylation is 2. The first-order chi connectivity index (χ1) is 29.0. The van der Waals surface area contributed by atoms with Crippen LogP contribution in [0.15, 0.2) is 97.3 Å². The van der Waals surface area contributed by atoms with Crippen LogP contribution in [0.3, 0.4) is 0 Å². The van der Waals surface area contributed by atoms with Gasteiger partial charge in [-0.25, -0.2) is 0 Å². The van der Waals surface area contributed by atoms with Gasteiger partial charge in [0.1, 0.15) is 0 Å². The minimum Gasteiger partial charge on any atom is -0.759 e. The number of anilines is 1. The molecule has 1 saturated heterocycles. The van der Waals surface area contributed by atoms with E-state index in [-0.39, 0.29) is 24.8 Å². The summed E-state index contributed by atoms with van der Waals surface area (Å²) in [5.74, 6) is -0.628. The number of hydrogen-bond acceptors (Lipinski definition) is 10. The molecule has 1 aromatic heterocycles. The molecule has 6 rings (SSSR count). The monoisotopic (exact) mass is 839 g/mol. The van der Waals surface area contributed by atoms with Gasteiger partial charge in [0.25, 0.3) is 0 Å². The number of aliphatic hydroxyl groups is 3. The van der Waals surface area contributed by atoms with Crippen LogP contribution < -0.4 is 5.32 Å². The van der Waals surface area contributed by atoms with Crippen molar-refractivity contribution in [3.05, 3.63) is 120 Å². The predicted molar refractivity (Wildman–Crippen MR) is 236 cm³/mol. The molecule has 1 aliphatic heterocycles. The van der Waals surface area contributed by atoms with E-state index in [1.807, 2.05) is 55.7 Å². The van der Waals surface area contributed by atoms with Crippen LogP contribution in [0.1, 0.15) is 87.0 Å². The molecule has 324 valence electrons. The van der Waals surface area contributed by atoms with E-state index in [2.05, 4.69) is 63.7 Å². The number of nitrogens with zero attached hydrogens (tertiary/aromatic N) is 3. The van der Waals surface area contributed by atoms with E-state index < -0.39 is 41.8 Å². The number of rotatable bonds is 22. The van der Waals surface area contributed by atoms with Crippen molar-refractivity contribution in [3.63, 3.8) is 0 Å². The Balaban J connectivity index is 0.894. The van der Waals surface area contributed by atoms with Crippen LogP contribution in [-0.2, 0) is 40.2 Å². The molecular weight excluding hydrogens is 777 g/mol. The number of carbonyl (C=O) groups excluding carboxylic acids is 1. The zero-order valence-corrected chi connectivity index (χ0v) is 35.9. The van der Waals surface area contributed by atoms with Gasteiger partial charge < -0.3 is 29.9 Å². The number of fused-ring (bicyclic) bond motifs is 1. The molecule has 8 atom stereocenters. The maximum Gasteiger partial charge on any atom is 0.307 e. The number of aromatic nitrogens is 1. The average molecular weight is 840 g/mol. The molecule has 2 heterocycles. The summed E-state index contributed by atoms with van der Waals surface area (Å²) in [5.41, 5.74) is 5.64. The molecule has 11 nitrogen and oxygen atoms in total. The first-order valence-corrected chi connectivity index (χ1v) is 22.8. The largest absolute Gasteiger partial charge is 0.759 e. The second-order valence-corrected chi connectivity index (χ2v) is 17.7. The van der Waals surface area contributed by atoms with Gasteiger partial charge in [0, 0.05) is 78.8 Å². The van der Waals surface area contributed by atoms with Crippen molar-refractivity contribution in [2.75, 3.05) is 25.0 Å². The highest BCUT2D eigenvalue weighted by Crippen LogP contribution is 2.38. The molecule has 0 bridgehead atoms. The van der Waals surface area contributed by atoms with Gasteiger partial charge in [-0.2, -0.15) is 4.31 Å². The minimum absolute atomic E-state index is 0.0820. The normalized spacial score (nSPS) is 22.4. The summed E-state index contributed by atoms with van der Waals surface area (Å²) in [5, 5.41) is 38.0. The Kier molecular flexibility index (Phi) is 17.2.